The molecule has 0 bridgehead atoms. The van der Waals surface area contributed by atoms with Crippen LogP contribution >= 0.6 is 0 Å². The van der Waals surface area contributed by atoms with Gasteiger partial charge in [0.2, 0.25) is 0 Å². The molecule has 3 aromatic rings. The highest BCUT2D eigenvalue weighted by molar-refractivity contribution is 5.64. The third-order valence-electron chi connectivity index (χ3n) is 6.24. The molecule has 1 saturated carbocycles. The summed E-state index contributed by atoms with van der Waals surface area (Å²) in [5, 5.41) is 3.75. The van der Waals surface area contributed by atoms with Gasteiger partial charge >= 0.3 is 0 Å². The summed E-state index contributed by atoms with van der Waals surface area (Å²) in [6.45, 7) is 4.29. The quantitative estimate of drug-likeness (QED) is 0.572. The van der Waals surface area contributed by atoms with Gasteiger partial charge < -0.3 is 5.32 Å². The molecule has 0 atom stereocenters. The number of hydrogen-bond acceptors (Lipinski definition) is 3. The van der Waals surface area contributed by atoms with Crippen LogP contribution < -0.4 is 5.32 Å². The lowest BCUT2D eigenvalue weighted by atomic mass is 9.76. The summed E-state index contributed by atoms with van der Waals surface area (Å²) < 4.78 is 29.5. The van der Waals surface area contributed by atoms with Gasteiger partial charge in [-0.1, -0.05) is 25.5 Å². The van der Waals surface area contributed by atoms with Gasteiger partial charge in [-0.2, -0.15) is 0 Å². The van der Waals surface area contributed by atoms with Crippen LogP contribution in [0.15, 0.2) is 48.3 Å². The molecule has 1 aliphatic carbocycles. The predicted octanol–water partition coefficient (Wildman–Crippen LogP) is 5.95. The average Bonchev–Trinajstić information content (AvgIpc) is 3.19. The van der Waals surface area contributed by atoms with Crippen molar-refractivity contribution in [3.63, 3.8) is 0 Å². The normalized spacial score (nSPS) is 20.1. The number of halogens is 2. The molecule has 154 valence electrons. The zero-order chi connectivity index (χ0) is 20.9. The van der Waals surface area contributed by atoms with Gasteiger partial charge in [-0.05, 0) is 49.9 Å². The molecule has 30 heavy (non-hydrogen) atoms. The second-order valence-electron chi connectivity index (χ2n) is 8.54. The maximum Gasteiger partial charge on any atom is 0.161 e. The van der Waals surface area contributed by atoms with Crippen LogP contribution in [0.5, 0.6) is 0 Å². The molecule has 5 rings (SSSR count). The van der Waals surface area contributed by atoms with Crippen molar-refractivity contribution in [1.82, 2.24) is 14.5 Å². The lowest BCUT2D eigenvalue weighted by molar-refractivity contribution is 0.355. The van der Waals surface area contributed by atoms with E-state index in [1.807, 2.05) is 24.5 Å². The number of allylic oxidation sites excluding steroid dienone is 1. The Bertz CT molecular complexity index is 1140. The Labute approximate surface area is 174 Å². The van der Waals surface area contributed by atoms with Crippen LogP contribution in [-0.2, 0) is 5.54 Å². The molecule has 1 spiro atoms. The van der Waals surface area contributed by atoms with Crippen LogP contribution in [0, 0.1) is 11.6 Å². The first-order valence-electron chi connectivity index (χ1n) is 10.4. The molecule has 1 aliphatic heterocycles. The summed E-state index contributed by atoms with van der Waals surface area (Å²) in [5.74, 6) is 1.13. The second kappa shape index (κ2) is 7.04. The molecule has 0 radical (unpaired) electrons. The molecular weight excluding hydrogens is 382 g/mol. The van der Waals surface area contributed by atoms with E-state index in [-0.39, 0.29) is 11.5 Å². The summed E-state index contributed by atoms with van der Waals surface area (Å²) in [4.78, 5) is 9.35. The first-order chi connectivity index (χ1) is 14.5. The Morgan fingerprint density at radius 2 is 1.93 bits per heavy atom. The fourth-order valence-corrected chi connectivity index (χ4v) is 4.69. The van der Waals surface area contributed by atoms with Gasteiger partial charge in [-0.25, -0.2) is 18.7 Å². The van der Waals surface area contributed by atoms with Crippen LogP contribution in [0.25, 0.3) is 11.9 Å². The minimum absolute atomic E-state index is 0.227. The van der Waals surface area contributed by atoms with Crippen molar-refractivity contribution in [3.05, 3.63) is 77.0 Å². The molecule has 2 aliphatic rings. The number of nitrogens with one attached hydrogen (secondary N) is 1. The van der Waals surface area contributed by atoms with Gasteiger partial charge in [0.15, 0.2) is 5.82 Å². The Kier molecular flexibility index (Phi) is 4.45. The highest BCUT2D eigenvalue weighted by Gasteiger charge is 2.42. The molecule has 1 aromatic carbocycles. The molecular formula is C24H24F2N4. The maximum atomic E-state index is 14.1. The monoisotopic (exact) mass is 406 g/mol. The Morgan fingerprint density at radius 3 is 2.67 bits per heavy atom. The highest BCUT2D eigenvalue weighted by Crippen LogP contribution is 2.47. The van der Waals surface area contributed by atoms with E-state index in [2.05, 4.69) is 34.8 Å². The highest BCUT2D eigenvalue weighted by atomic mass is 19.1. The van der Waals surface area contributed by atoms with Gasteiger partial charge in [-0.3, -0.25) is 4.57 Å². The van der Waals surface area contributed by atoms with Crippen LogP contribution in [-0.4, -0.2) is 14.5 Å². The maximum absolute atomic E-state index is 14.1. The molecule has 0 unspecified atom stereocenters. The number of imidazole rings is 1. The molecule has 0 saturated heterocycles. The molecule has 2 aromatic heterocycles. The van der Waals surface area contributed by atoms with E-state index in [0.717, 1.165) is 54.8 Å². The molecule has 0 amide bonds. The SMILES string of the molecule is CC(C)c1ncc2n1-c1ncccc1NC21CCC(=Cc2ccc(F)cc2F)CC1. The number of pyridine rings is 1. The van der Waals surface area contributed by atoms with E-state index < -0.39 is 11.6 Å². The molecule has 1 fully saturated rings. The van der Waals surface area contributed by atoms with Crippen LogP contribution in [0.2, 0.25) is 0 Å². The van der Waals surface area contributed by atoms with Crippen LogP contribution in [0.1, 0.15) is 62.5 Å². The summed E-state index contributed by atoms with van der Waals surface area (Å²) >= 11 is 0. The lowest BCUT2D eigenvalue weighted by Crippen LogP contribution is -2.43. The number of fused-ring (bicyclic) bond motifs is 4. The zero-order valence-corrected chi connectivity index (χ0v) is 17.1. The lowest BCUT2D eigenvalue weighted by Gasteiger charge is -2.43. The third-order valence-corrected chi connectivity index (χ3v) is 6.24. The van der Waals surface area contributed by atoms with Crippen LogP contribution in [0.4, 0.5) is 14.5 Å². The molecule has 4 nitrogen and oxygen atoms in total. The van der Waals surface area contributed by atoms with Crippen molar-refractivity contribution in [3.8, 4) is 5.82 Å². The van der Waals surface area contributed by atoms with Gasteiger partial charge in [0, 0.05) is 23.7 Å². The number of anilines is 1. The van der Waals surface area contributed by atoms with Crippen molar-refractivity contribution >= 4 is 11.8 Å². The van der Waals surface area contributed by atoms with Crippen molar-refractivity contribution in [2.24, 2.45) is 0 Å². The fraction of sp³-hybridized carbons (Fsp3) is 0.333. The Balaban J connectivity index is 1.49. The summed E-state index contributed by atoms with van der Waals surface area (Å²) in [5.41, 5.74) is 3.56. The fourth-order valence-electron chi connectivity index (χ4n) is 4.69. The molecule has 1 N–H and O–H groups in total. The van der Waals surface area contributed by atoms with E-state index in [9.17, 15) is 8.78 Å². The van der Waals surface area contributed by atoms with Crippen molar-refractivity contribution in [2.75, 3.05) is 5.32 Å². The predicted molar refractivity (Wildman–Crippen MR) is 114 cm³/mol. The Hall–Kier alpha value is -3.02. The second-order valence-corrected chi connectivity index (χ2v) is 8.54. The van der Waals surface area contributed by atoms with E-state index in [0.29, 0.717) is 5.56 Å². The third kappa shape index (κ3) is 3.02. The summed E-state index contributed by atoms with van der Waals surface area (Å²) in [7, 11) is 0. The van der Waals surface area contributed by atoms with E-state index in [4.69, 9.17) is 4.98 Å². The van der Waals surface area contributed by atoms with Gasteiger partial charge in [0.05, 0.1) is 23.1 Å². The van der Waals surface area contributed by atoms with Crippen molar-refractivity contribution < 1.29 is 8.78 Å². The summed E-state index contributed by atoms with van der Waals surface area (Å²) in [6.07, 6.45) is 9.08. The first-order valence-corrected chi connectivity index (χ1v) is 10.4. The number of rotatable bonds is 2. The zero-order valence-electron chi connectivity index (χ0n) is 17.1. The first kappa shape index (κ1) is 19.0. The smallest absolute Gasteiger partial charge is 0.161 e. The van der Waals surface area contributed by atoms with E-state index in [1.165, 1.54) is 17.7 Å². The van der Waals surface area contributed by atoms with Crippen molar-refractivity contribution in [2.45, 2.75) is 51.0 Å². The van der Waals surface area contributed by atoms with Crippen LogP contribution in [0.3, 0.4) is 0 Å². The largest absolute Gasteiger partial charge is 0.371 e. The number of aromatic nitrogens is 3. The number of benzene rings is 1. The van der Waals surface area contributed by atoms with Gasteiger partial charge in [0.25, 0.3) is 0 Å². The van der Waals surface area contributed by atoms with Gasteiger partial charge in [0.1, 0.15) is 17.5 Å². The molecule has 6 heteroatoms. The van der Waals surface area contributed by atoms with Crippen molar-refractivity contribution in [1.29, 1.82) is 0 Å². The number of nitrogens with zero attached hydrogens (tertiary/aromatic N) is 3. The van der Waals surface area contributed by atoms with Gasteiger partial charge in [-0.15, -0.1) is 0 Å². The number of hydrogen-bond donors (Lipinski definition) is 1. The minimum atomic E-state index is -0.551. The topological polar surface area (TPSA) is 42.7 Å². The van der Waals surface area contributed by atoms with E-state index in [1.54, 1.807) is 0 Å². The van der Waals surface area contributed by atoms with E-state index >= 15 is 0 Å². The molecule has 3 heterocycles. The Morgan fingerprint density at radius 1 is 1.13 bits per heavy atom. The summed E-state index contributed by atoms with van der Waals surface area (Å²) in [6, 6.07) is 7.76. The minimum Gasteiger partial charge on any atom is -0.371 e. The standard InChI is InChI=1S/C24H24F2N4/c1-15(2)22-28-14-21-24(29-20-4-3-11-27-23(20)30(21)22)9-7-16(8-10-24)12-17-5-6-18(25)13-19(17)26/h3-6,11-15,29H,7-10H2,1-2H3. The average molecular weight is 406 g/mol.